The lowest BCUT2D eigenvalue weighted by Gasteiger charge is -2.07. The van der Waals surface area contributed by atoms with Crippen LogP contribution in [-0.2, 0) is 9.53 Å². The molecule has 0 fully saturated rings. The minimum atomic E-state index is -1.69. The summed E-state index contributed by atoms with van der Waals surface area (Å²) in [6, 6.07) is 6.56. The van der Waals surface area contributed by atoms with Crippen LogP contribution in [0.2, 0.25) is 0 Å². The predicted octanol–water partition coefficient (Wildman–Crippen LogP) is 0.328. The minimum absolute atomic E-state index is 0.238. The van der Waals surface area contributed by atoms with Gasteiger partial charge in [-0.15, -0.1) is 0 Å². The first-order chi connectivity index (χ1) is 7.56. The van der Waals surface area contributed by atoms with Gasteiger partial charge in [-0.05, 0) is 34.7 Å². The largest absolute Gasteiger partial charge is 0.393 e. The molecule has 0 radical (unpaired) electrons. The molecule has 0 saturated carbocycles. The molecule has 0 amide bonds. The Bertz CT molecular complexity index is 404. The Morgan fingerprint density at radius 2 is 2.00 bits per heavy atom. The standard InChI is InChI=1S/C10H9IO5/c11-7-4-2-1-3-6(7)9(14)16-10(15)8(13)5-12/h1-4,8,12-13H,5H2. The summed E-state index contributed by atoms with van der Waals surface area (Å²) >= 11 is 1.92. The van der Waals surface area contributed by atoms with Gasteiger partial charge in [-0.1, -0.05) is 12.1 Å². The number of benzene rings is 1. The van der Waals surface area contributed by atoms with Crippen LogP contribution in [0.1, 0.15) is 10.4 Å². The Balaban J connectivity index is 2.74. The first kappa shape index (κ1) is 13.1. The lowest BCUT2D eigenvalue weighted by Crippen LogP contribution is -2.29. The number of esters is 2. The smallest absolute Gasteiger partial charge is 0.346 e. The van der Waals surface area contributed by atoms with Crippen molar-refractivity contribution < 1.29 is 24.5 Å². The van der Waals surface area contributed by atoms with Crippen LogP contribution in [0.25, 0.3) is 0 Å². The fourth-order valence-electron chi connectivity index (χ4n) is 0.916. The Morgan fingerprint density at radius 1 is 1.38 bits per heavy atom. The van der Waals surface area contributed by atoms with Crippen molar-refractivity contribution in [2.45, 2.75) is 6.10 Å². The number of hydrogen-bond acceptors (Lipinski definition) is 5. The van der Waals surface area contributed by atoms with Gasteiger partial charge in [0.15, 0.2) is 6.10 Å². The first-order valence-corrected chi connectivity index (χ1v) is 5.43. The molecule has 86 valence electrons. The van der Waals surface area contributed by atoms with Crippen LogP contribution in [0.4, 0.5) is 0 Å². The Kier molecular flexibility index (Phi) is 4.84. The van der Waals surface area contributed by atoms with Gasteiger partial charge >= 0.3 is 11.9 Å². The van der Waals surface area contributed by atoms with Gasteiger partial charge in [0.05, 0.1) is 12.2 Å². The Hall–Kier alpha value is -0.990. The van der Waals surface area contributed by atoms with Crippen molar-refractivity contribution in [2.24, 2.45) is 0 Å². The molecule has 0 heterocycles. The maximum atomic E-state index is 11.5. The third kappa shape index (κ3) is 3.26. The molecular weight excluding hydrogens is 327 g/mol. The maximum absolute atomic E-state index is 11.5. The molecule has 0 aliphatic carbocycles. The van der Waals surface area contributed by atoms with E-state index in [0.717, 1.165) is 0 Å². The molecular formula is C10H9IO5. The van der Waals surface area contributed by atoms with E-state index >= 15 is 0 Å². The van der Waals surface area contributed by atoms with Crippen LogP contribution in [0.5, 0.6) is 0 Å². The number of ether oxygens (including phenoxy) is 1. The quantitative estimate of drug-likeness (QED) is 0.472. The SMILES string of the molecule is O=C(OC(=O)C(O)CO)c1ccccc1I. The number of hydrogen-bond donors (Lipinski definition) is 2. The third-order valence-electron chi connectivity index (χ3n) is 1.73. The van der Waals surface area contributed by atoms with Gasteiger partial charge in [0.2, 0.25) is 0 Å². The van der Waals surface area contributed by atoms with E-state index in [1.54, 1.807) is 18.2 Å². The summed E-state index contributed by atoms with van der Waals surface area (Å²) in [4.78, 5) is 22.5. The van der Waals surface area contributed by atoms with Gasteiger partial charge in [-0.2, -0.15) is 0 Å². The van der Waals surface area contributed by atoms with Crippen molar-refractivity contribution >= 4 is 34.5 Å². The highest BCUT2D eigenvalue weighted by molar-refractivity contribution is 14.1. The molecule has 16 heavy (non-hydrogen) atoms. The Labute approximate surface area is 105 Å². The molecule has 1 aromatic carbocycles. The number of carbonyl (C=O) groups excluding carboxylic acids is 2. The summed E-state index contributed by atoms with van der Waals surface area (Å²) in [5.74, 6) is -2.00. The lowest BCUT2D eigenvalue weighted by atomic mass is 10.2. The van der Waals surface area contributed by atoms with Crippen LogP contribution in [-0.4, -0.2) is 34.9 Å². The number of aliphatic hydroxyl groups is 2. The molecule has 6 heteroatoms. The van der Waals surface area contributed by atoms with Crippen molar-refractivity contribution in [2.75, 3.05) is 6.61 Å². The van der Waals surface area contributed by atoms with Crippen LogP contribution in [0, 0.1) is 3.57 Å². The second kappa shape index (κ2) is 5.92. The zero-order valence-electron chi connectivity index (χ0n) is 8.09. The van der Waals surface area contributed by atoms with E-state index < -0.39 is 24.6 Å². The van der Waals surface area contributed by atoms with E-state index in [2.05, 4.69) is 4.74 Å². The van der Waals surface area contributed by atoms with E-state index in [9.17, 15) is 9.59 Å². The second-order valence-corrected chi connectivity index (χ2v) is 4.05. The van der Waals surface area contributed by atoms with E-state index in [4.69, 9.17) is 10.2 Å². The van der Waals surface area contributed by atoms with Crippen molar-refractivity contribution in [3.05, 3.63) is 33.4 Å². The second-order valence-electron chi connectivity index (χ2n) is 2.89. The van der Waals surface area contributed by atoms with Gasteiger partial charge in [-0.3, -0.25) is 0 Å². The maximum Gasteiger partial charge on any atom is 0.346 e. The van der Waals surface area contributed by atoms with Crippen molar-refractivity contribution in [1.82, 2.24) is 0 Å². The van der Waals surface area contributed by atoms with Crippen molar-refractivity contribution in [1.29, 1.82) is 0 Å². The van der Waals surface area contributed by atoms with Crippen LogP contribution < -0.4 is 0 Å². The van der Waals surface area contributed by atoms with E-state index in [-0.39, 0.29) is 5.56 Å². The average molecular weight is 336 g/mol. The highest BCUT2D eigenvalue weighted by Crippen LogP contribution is 2.12. The highest BCUT2D eigenvalue weighted by Gasteiger charge is 2.21. The molecule has 0 spiro atoms. The average Bonchev–Trinajstić information content (AvgIpc) is 2.28. The summed E-state index contributed by atoms with van der Waals surface area (Å²) in [7, 11) is 0. The molecule has 0 bridgehead atoms. The molecule has 5 nitrogen and oxygen atoms in total. The van der Waals surface area contributed by atoms with Crippen LogP contribution >= 0.6 is 22.6 Å². The Morgan fingerprint density at radius 3 is 2.56 bits per heavy atom. The number of aliphatic hydroxyl groups excluding tert-OH is 2. The van der Waals surface area contributed by atoms with Gasteiger partial charge in [-0.25, -0.2) is 9.59 Å². The highest BCUT2D eigenvalue weighted by atomic mass is 127. The van der Waals surface area contributed by atoms with Crippen LogP contribution in [0.3, 0.4) is 0 Å². The predicted molar refractivity (Wildman–Crippen MR) is 62.7 cm³/mol. The molecule has 1 aromatic rings. The van der Waals surface area contributed by atoms with Crippen molar-refractivity contribution in [3.8, 4) is 0 Å². The van der Waals surface area contributed by atoms with Gasteiger partial charge in [0.1, 0.15) is 0 Å². The molecule has 0 saturated heterocycles. The summed E-state index contributed by atoms with van der Waals surface area (Å²) < 4.78 is 5.01. The zero-order valence-corrected chi connectivity index (χ0v) is 10.2. The normalized spacial score (nSPS) is 11.9. The van der Waals surface area contributed by atoms with E-state index in [1.165, 1.54) is 6.07 Å². The van der Waals surface area contributed by atoms with Gasteiger partial charge in [0.25, 0.3) is 0 Å². The lowest BCUT2D eigenvalue weighted by molar-refractivity contribution is -0.149. The van der Waals surface area contributed by atoms with E-state index in [0.29, 0.717) is 3.57 Å². The van der Waals surface area contributed by atoms with Gasteiger partial charge < -0.3 is 14.9 Å². The fourth-order valence-corrected chi connectivity index (χ4v) is 1.52. The van der Waals surface area contributed by atoms with E-state index in [1.807, 2.05) is 22.6 Å². The molecule has 0 aliphatic heterocycles. The van der Waals surface area contributed by atoms with Crippen LogP contribution in [0.15, 0.2) is 24.3 Å². The summed E-state index contributed by atoms with van der Waals surface area (Å²) in [6.07, 6.45) is -1.69. The molecule has 1 atom stereocenters. The molecule has 2 N–H and O–H groups in total. The first-order valence-electron chi connectivity index (χ1n) is 4.35. The molecule has 1 rings (SSSR count). The topological polar surface area (TPSA) is 83.8 Å². The van der Waals surface area contributed by atoms with Crippen molar-refractivity contribution in [3.63, 3.8) is 0 Å². The monoisotopic (exact) mass is 336 g/mol. The summed E-state index contributed by atoms with van der Waals surface area (Å²) in [5.41, 5.74) is 0.238. The van der Waals surface area contributed by atoms with Gasteiger partial charge in [0, 0.05) is 3.57 Å². The third-order valence-corrected chi connectivity index (χ3v) is 2.67. The zero-order chi connectivity index (χ0) is 12.1. The minimum Gasteiger partial charge on any atom is -0.393 e. The summed E-state index contributed by atoms with van der Waals surface area (Å²) in [6.45, 7) is -0.780. The summed E-state index contributed by atoms with van der Waals surface area (Å²) in [5, 5.41) is 17.4. The molecule has 0 aliphatic rings. The fraction of sp³-hybridized carbons (Fsp3) is 0.200. The number of carbonyl (C=O) groups is 2. The molecule has 0 aromatic heterocycles. The number of rotatable bonds is 3. The molecule has 1 unspecified atom stereocenters. The number of halogens is 1.